The molecule has 0 atom stereocenters. The number of rotatable bonds is 11. The van der Waals surface area contributed by atoms with E-state index >= 15 is 0 Å². The molecule has 0 saturated carbocycles. The first kappa shape index (κ1) is 23.7. The van der Waals surface area contributed by atoms with E-state index in [2.05, 4.69) is 4.98 Å². The second-order valence-electron chi connectivity index (χ2n) is 7.98. The number of sulfone groups is 1. The summed E-state index contributed by atoms with van der Waals surface area (Å²) in [5.74, 6) is -0.0333. The second-order valence-corrected chi connectivity index (χ2v) is 9.86. The number of benzene rings is 1. The van der Waals surface area contributed by atoms with Gasteiger partial charge >= 0.3 is 0 Å². The maximum Gasteiger partial charge on any atom is 0.289 e. The zero-order valence-corrected chi connectivity index (χ0v) is 19.4. The van der Waals surface area contributed by atoms with Crippen LogP contribution in [0.4, 0.5) is 0 Å². The average molecular weight is 460 g/mol. The molecule has 172 valence electrons. The van der Waals surface area contributed by atoms with Gasteiger partial charge in [0.2, 0.25) is 15.0 Å². The number of ether oxygens (including phenoxy) is 1. The molecule has 0 aliphatic rings. The molecule has 0 aliphatic heterocycles. The molecule has 0 bridgehead atoms. The lowest BCUT2D eigenvalue weighted by atomic mass is 10.2. The number of aromatic nitrogens is 2. The first-order valence-corrected chi connectivity index (χ1v) is 12.1. The van der Waals surface area contributed by atoms with Crippen LogP contribution < -0.4 is 0 Å². The largest absolute Gasteiger partial charge is 0.459 e. The van der Waals surface area contributed by atoms with Crippen LogP contribution in [0, 0.1) is 5.92 Å². The molecule has 0 radical (unpaired) electrons. The van der Waals surface area contributed by atoms with E-state index in [1.165, 1.54) is 12.5 Å². The molecule has 0 aliphatic carbocycles. The van der Waals surface area contributed by atoms with Gasteiger partial charge in [0.15, 0.2) is 5.76 Å². The quantitative estimate of drug-likeness (QED) is 0.436. The van der Waals surface area contributed by atoms with Crippen LogP contribution in [0.3, 0.4) is 0 Å². The van der Waals surface area contributed by atoms with Crippen LogP contribution in [-0.4, -0.2) is 49.0 Å². The number of imidazole rings is 1. The van der Waals surface area contributed by atoms with Crippen LogP contribution in [-0.2, 0) is 33.4 Å². The minimum absolute atomic E-state index is 0.0159. The summed E-state index contributed by atoms with van der Waals surface area (Å²) in [7, 11) is -2.12. The fraction of sp³-hybridized carbons (Fsp3) is 0.391. The van der Waals surface area contributed by atoms with Crippen LogP contribution in [0.5, 0.6) is 0 Å². The zero-order valence-electron chi connectivity index (χ0n) is 18.6. The van der Waals surface area contributed by atoms with Crippen molar-refractivity contribution in [2.24, 2.45) is 5.92 Å². The van der Waals surface area contributed by atoms with Crippen molar-refractivity contribution in [2.75, 3.05) is 20.3 Å². The SMILES string of the molecule is COCCN(Cc1cnc(S(=O)(=O)Cc2ccccc2)n1CC(C)C)C(=O)c1ccco1. The van der Waals surface area contributed by atoms with Gasteiger partial charge in [-0.25, -0.2) is 13.4 Å². The minimum Gasteiger partial charge on any atom is -0.459 e. The van der Waals surface area contributed by atoms with Gasteiger partial charge in [-0.2, -0.15) is 0 Å². The van der Waals surface area contributed by atoms with Crippen molar-refractivity contribution < 1.29 is 22.4 Å². The summed E-state index contributed by atoms with van der Waals surface area (Å²) < 4.78 is 38.5. The number of carbonyl (C=O) groups excluding carboxylic acids is 1. The van der Waals surface area contributed by atoms with E-state index in [4.69, 9.17) is 9.15 Å². The monoisotopic (exact) mass is 459 g/mol. The highest BCUT2D eigenvalue weighted by Gasteiger charge is 2.26. The fourth-order valence-corrected chi connectivity index (χ4v) is 4.89. The molecular formula is C23H29N3O5S. The summed E-state index contributed by atoms with van der Waals surface area (Å²) in [5, 5.41) is 0.0159. The molecule has 2 heterocycles. The van der Waals surface area contributed by atoms with Gasteiger partial charge in [0.05, 0.1) is 37.1 Å². The Morgan fingerprint density at radius 1 is 1.19 bits per heavy atom. The predicted octanol–water partition coefficient (Wildman–Crippen LogP) is 3.39. The molecule has 0 unspecified atom stereocenters. The van der Waals surface area contributed by atoms with Gasteiger partial charge in [-0.15, -0.1) is 0 Å². The Bertz CT molecular complexity index is 1110. The van der Waals surface area contributed by atoms with Crippen molar-refractivity contribution in [1.82, 2.24) is 14.5 Å². The van der Waals surface area contributed by atoms with Crippen LogP contribution >= 0.6 is 0 Å². The van der Waals surface area contributed by atoms with Crippen molar-refractivity contribution in [3.63, 3.8) is 0 Å². The standard InChI is InChI=1S/C23H29N3O5S/c1-18(2)15-26-20(16-25(11-13-30-3)22(27)21-10-7-12-31-21)14-24-23(26)32(28,29)17-19-8-5-4-6-9-19/h4-10,12,14,18H,11,13,15-17H2,1-3H3. The Morgan fingerprint density at radius 3 is 2.56 bits per heavy atom. The van der Waals surface area contributed by atoms with E-state index in [1.54, 1.807) is 40.8 Å². The third kappa shape index (κ3) is 5.86. The summed E-state index contributed by atoms with van der Waals surface area (Å²) in [6.45, 7) is 5.33. The summed E-state index contributed by atoms with van der Waals surface area (Å²) in [5.41, 5.74) is 1.34. The number of nitrogens with zero attached hydrogens (tertiary/aromatic N) is 3. The normalized spacial score (nSPS) is 11.8. The Kier molecular flexibility index (Phi) is 7.87. The van der Waals surface area contributed by atoms with Crippen molar-refractivity contribution in [3.8, 4) is 0 Å². The van der Waals surface area contributed by atoms with Crippen LogP contribution in [0.15, 0.2) is 64.5 Å². The lowest BCUT2D eigenvalue weighted by Crippen LogP contribution is -2.34. The molecule has 8 nitrogen and oxygen atoms in total. The number of hydrogen-bond acceptors (Lipinski definition) is 6. The molecule has 32 heavy (non-hydrogen) atoms. The van der Waals surface area contributed by atoms with Crippen LogP contribution in [0.2, 0.25) is 0 Å². The highest BCUT2D eigenvalue weighted by atomic mass is 32.2. The molecule has 0 fully saturated rings. The van der Waals surface area contributed by atoms with Crippen molar-refractivity contribution in [2.45, 2.75) is 37.8 Å². The summed E-state index contributed by atoms with van der Waals surface area (Å²) in [6.07, 6.45) is 2.98. The highest BCUT2D eigenvalue weighted by Crippen LogP contribution is 2.21. The summed E-state index contributed by atoms with van der Waals surface area (Å²) >= 11 is 0. The second kappa shape index (κ2) is 10.6. The molecule has 3 rings (SSSR count). The van der Waals surface area contributed by atoms with Gasteiger partial charge in [0.1, 0.15) is 0 Å². The number of furan rings is 1. The molecule has 0 saturated heterocycles. The molecule has 1 aromatic carbocycles. The minimum atomic E-state index is -3.68. The number of amides is 1. The van der Waals surface area contributed by atoms with Gasteiger partial charge in [-0.3, -0.25) is 4.79 Å². The van der Waals surface area contributed by atoms with E-state index in [0.29, 0.717) is 31.0 Å². The molecule has 2 aromatic heterocycles. The van der Waals surface area contributed by atoms with Crippen molar-refractivity contribution in [3.05, 3.63) is 71.9 Å². The third-order valence-electron chi connectivity index (χ3n) is 4.86. The lowest BCUT2D eigenvalue weighted by molar-refractivity contribution is 0.0644. The predicted molar refractivity (Wildman–Crippen MR) is 120 cm³/mol. The first-order chi connectivity index (χ1) is 15.3. The Morgan fingerprint density at radius 2 is 1.94 bits per heavy atom. The van der Waals surface area contributed by atoms with E-state index in [9.17, 15) is 13.2 Å². The van der Waals surface area contributed by atoms with E-state index in [-0.39, 0.29) is 35.0 Å². The van der Waals surface area contributed by atoms with Crippen molar-refractivity contribution >= 4 is 15.7 Å². The Labute approximate surface area is 188 Å². The van der Waals surface area contributed by atoms with Gasteiger partial charge in [-0.1, -0.05) is 44.2 Å². The number of methoxy groups -OCH3 is 1. The van der Waals surface area contributed by atoms with E-state index < -0.39 is 9.84 Å². The van der Waals surface area contributed by atoms with E-state index in [0.717, 1.165) is 0 Å². The first-order valence-electron chi connectivity index (χ1n) is 10.4. The van der Waals surface area contributed by atoms with Gasteiger partial charge in [0.25, 0.3) is 5.91 Å². The highest BCUT2D eigenvalue weighted by molar-refractivity contribution is 7.90. The molecule has 3 aromatic rings. The average Bonchev–Trinajstić information content (AvgIpc) is 3.41. The lowest BCUT2D eigenvalue weighted by Gasteiger charge is -2.23. The molecular weight excluding hydrogens is 430 g/mol. The zero-order chi connectivity index (χ0) is 23.1. The topological polar surface area (TPSA) is 94.6 Å². The van der Waals surface area contributed by atoms with Gasteiger partial charge < -0.3 is 18.6 Å². The van der Waals surface area contributed by atoms with Gasteiger partial charge in [0, 0.05) is 20.2 Å². The third-order valence-corrected chi connectivity index (χ3v) is 6.46. The van der Waals surface area contributed by atoms with E-state index in [1.807, 2.05) is 32.0 Å². The maximum absolute atomic E-state index is 13.2. The molecule has 9 heteroatoms. The Hall–Kier alpha value is -2.91. The van der Waals surface area contributed by atoms with Crippen molar-refractivity contribution in [1.29, 1.82) is 0 Å². The molecule has 1 amide bonds. The molecule has 0 spiro atoms. The summed E-state index contributed by atoms with van der Waals surface area (Å²) in [4.78, 5) is 18.8. The maximum atomic E-state index is 13.2. The van der Waals surface area contributed by atoms with Crippen LogP contribution in [0.1, 0.15) is 35.7 Å². The fourth-order valence-electron chi connectivity index (χ4n) is 3.39. The smallest absolute Gasteiger partial charge is 0.289 e. The van der Waals surface area contributed by atoms with Crippen LogP contribution in [0.25, 0.3) is 0 Å². The molecule has 0 N–H and O–H groups in total. The Balaban J connectivity index is 1.93. The number of hydrogen-bond donors (Lipinski definition) is 0. The number of carbonyl (C=O) groups is 1. The van der Waals surface area contributed by atoms with Gasteiger partial charge in [-0.05, 0) is 23.6 Å². The summed E-state index contributed by atoms with van der Waals surface area (Å²) in [6, 6.07) is 12.3.